The molecule has 4 heteroatoms. The zero-order valence-corrected chi connectivity index (χ0v) is 18.0. The summed E-state index contributed by atoms with van der Waals surface area (Å²) in [5.41, 5.74) is 11.8. The molecule has 0 saturated heterocycles. The highest BCUT2D eigenvalue weighted by atomic mass is 16.5. The Balaban J connectivity index is 2.77. The van der Waals surface area contributed by atoms with Gasteiger partial charge in [0.05, 0.1) is 17.7 Å². The molecule has 152 valence electrons. The van der Waals surface area contributed by atoms with E-state index in [1.807, 2.05) is 44.2 Å². The van der Waals surface area contributed by atoms with Crippen LogP contribution in [0.2, 0.25) is 0 Å². The monoisotopic (exact) mass is 390 g/mol. The molecule has 1 aromatic rings. The molecular weight excluding hydrogens is 360 g/mol. The number of aryl methyl sites for hydroxylation is 1. The summed E-state index contributed by atoms with van der Waals surface area (Å²) in [4.78, 5) is 12.7. The highest BCUT2D eigenvalue weighted by molar-refractivity contribution is 5.96. The van der Waals surface area contributed by atoms with E-state index in [-0.39, 0.29) is 17.8 Å². The van der Waals surface area contributed by atoms with Gasteiger partial charge in [-0.05, 0) is 62.9 Å². The second-order valence-corrected chi connectivity index (χ2v) is 7.50. The standard InChI is InChI=1S/C25H30N2O2/c1-6-12-29-23-9-7-8-16(2)13-22(23)25(24(18(4)27)19(5)28)21-11-10-20(15-26)14-17(21)3/h7-11,13-14,23,25H,6,12,27H2,1-5H3/b24-18-/t23?,25-/m0/s1. The smallest absolute Gasteiger partial charge is 0.158 e. The van der Waals surface area contributed by atoms with Crippen LogP contribution in [-0.2, 0) is 9.53 Å². The van der Waals surface area contributed by atoms with E-state index < -0.39 is 0 Å². The zero-order chi connectivity index (χ0) is 21.6. The SMILES string of the molecule is CCCOC1C=CC=C(C)C=C1[C@@H](/C(C(C)=O)=C(/C)N)c1ccc(C#N)cc1C. The molecule has 2 N–H and O–H groups in total. The van der Waals surface area contributed by atoms with Crippen LogP contribution in [0.3, 0.4) is 0 Å². The molecule has 0 bridgehead atoms. The number of ketones is 1. The molecular formula is C25H30N2O2. The van der Waals surface area contributed by atoms with Gasteiger partial charge in [-0.25, -0.2) is 0 Å². The fourth-order valence-electron chi connectivity index (χ4n) is 3.74. The van der Waals surface area contributed by atoms with Gasteiger partial charge in [-0.1, -0.05) is 42.9 Å². The van der Waals surface area contributed by atoms with Crippen molar-refractivity contribution in [3.05, 3.63) is 81.6 Å². The number of rotatable bonds is 7. The van der Waals surface area contributed by atoms with Crippen molar-refractivity contribution >= 4 is 5.78 Å². The highest BCUT2D eigenvalue weighted by Gasteiger charge is 2.31. The zero-order valence-electron chi connectivity index (χ0n) is 18.0. The third kappa shape index (κ3) is 5.34. The van der Waals surface area contributed by atoms with E-state index >= 15 is 0 Å². The van der Waals surface area contributed by atoms with Gasteiger partial charge in [-0.2, -0.15) is 5.26 Å². The van der Waals surface area contributed by atoms with Crippen molar-refractivity contribution in [2.24, 2.45) is 5.73 Å². The third-order valence-electron chi connectivity index (χ3n) is 5.01. The van der Waals surface area contributed by atoms with E-state index in [0.29, 0.717) is 23.4 Å². The van der Waals surface area contributed by atoms with Crippen molar-refractivity contribution < 1.29 is 9.53 Å². The molecule has 1 aliphatic rings. The first-order valence-corrected chi connectivity index (χ1v) is 9.96. The Kier molecular flexibility index (Phi) is 7.75. The molecule has 0 heterocycles. The second-order valence-electron chi connectivity index (χ2n) is 7.50. The number of hydrogen-bond acceptors (Lipinski definition) is 4. The topological polar surface area (TPSA) is 76.1 Å². The average Bonchev–Trinajstić information content (AvgIpc) is 2.84. The van der Waals surface area contributed by atoms with Crippen LogP contribution in [0, 0.1) is 18.3 Å². The highest BCUT2D eigenvalue weighted by Crippen LogP contribution is 2.39. The second kappa shape index (κ2) is 10.0. The van der Waals surface area contributed by atoms with Gasteiger partial charge in [0.1, 0.15) is 0 Å². The Labute approximate surface area is 174 Å². The number of nitrogens with zero attached hydrogens (tertiary/aromatic N) is 1. The summed E-state index contributed by atoms with van der Waals surface area (Å²) >= 11 is 0. The van der Waals surface area contributed by atoms with Crippen LogP contribution in [-0.4, -0.2) is 18.5 Å². The summed E-state index contributed by atoms with van der Waals surface area (Å²) in [7, 11) is 0. The minimum atomic E-state index is -0.349. The number of hydrogen-bond donors (Lipinski definition) is 1. The van der Waals surface area contributed by atoms with Crippen molar-refractivity contribution in [3.63, 3.8) is 0 Å². The lowest BCUT2D eigenvalue weighted by molar-refractivity contribution is -0.113. The lowest BCUT2D eigenvalue weighted by atomic mass is 9.77. The summed E-state index contributed by atoms with van der Waals surface area (Å²) in [6.07, 6.45) is 8.77. The van der Waals surface area contributed by atoms with E-state index in [4.69, 9.17) is 10.5 Å². The minimum Gasteiger partial charge on any atom is -0.402 e. The number of nitriles is 1. The van der Waals surface area contributed by atoms with Gasteiger partial charge < -0.3 is 10.5 Å². The normalized spacial score (nSPS) is 18.1. The van der Waals surface area contributed by atoms with Crippen LogP contribution < -0.4 is 5.73 Å². The molecule has 4 nitrogen and oxygen atoms in total. The number of allylic oxidation sites excluding steroid dienone is 6. The van der Waals surface area contributed by atoms with E-state index in [1.54, 1.807) is 19.9 Å². The minimum absolute atomic E-state index is 0.0660. The van der Waals surface area contributed by atoms with Crippen LogP contribution in [0.5, 0.6) is 0 Å². The first-order valence-electron chi connectivity index (χ1n) is 9.96. The molecule has 0 spiro atoms. The van der Waals surface area contributed by atoms with Gasteiger partial charge in [0.2, 0.25) is 0 Å². The predicted molar refractivity (Wildman–Crippen MR) is 117 cm³/mol. The quantitative estimate of drug-likeness (QED) is 0.664. The van der Waals surface area contributed by atoms with Crippen molar-refractivity contribution in [2.45, 2.75) is 53.1 Å². The fraction of sp³-hybridized carbons (Fsp3) is 0.360. The Morgan fingerprint density at radius 1 is 1.31 bits per heavy atom. The van der Waals surface area contributed by atoms with Gasteiger partial charge in [0.15, 0.2) is 5.78 Å². The van der Waals surface area contributed by atoms with Crippen molar-refractivity contribution in [3.8, 4) is 6.07 Å². The molecule has 0 radical (unpaired) electrons. The molecule has 2 atom stereocenters. The Hall–Kier alpha value is -2.90. The maximum atomic E-state index is 12.7. The first kappa shape index (κ1) is 22.4. The number of carbonyl (C=O) groups is 1. The van der Waals surface area contributed by atoms with Crippen LogP contribution in [0.1, 0.15) is 56.7 Å². The maximum absolute atomic E-state index is 12.7. The van der Waals surface area contributed by atoms with E-state index in [9.17, 15) is 10.1 Å². The predicted octanol–water partition coefficient (Wildman–Crippen LogP) is 5.01. The molecule has 1 unspecified atom stereocenters. The first-order chi connectivity index (χ1) is 13.8. The summed E-state index contributed by atoms with van der Waals surface area (Å²) in [5.74, 6) is -0.415. The fourth-order valence-corrected chi connectivity index (χ4v) is 3.74. The summed E-state index contributed by atoms with van der Waals surface area (Å²) < 4.78 is 6.15. The van der Waals surface area contributed by atoms with Crippen LogP contribution in [0.4, 0.5) is 0 Å². The molecule has 0 fully saturated rings. The van der Waals surface area contributed by atoms with Gasteiger partial charge in [-0.15, -0.1) is 0 Å². The van der Waals surface area contributed by atoms with Crippen molar-refractivity contribution in [1.29, 1.82) is 5.26 Å². The summed E-state index contributed by atoms with van der Waals surface area (Å²) in [6.45, 7) is 9.99. The Morgan fingerprint density at radius 3 is 2.59 bits per heavy atom. The van der Waals surface area contributed by atoms with E-state index in [2.05, 4.69) is 19.1 Å². The molecule has 29 heavy (non-hydrogen) atoms. The van der Waals surface area contributed by atoms with E-state index in [0.717, 1.165) is 28.7 Å². The number of nitrogens with two attached hydrogens (primary N) is 1. The molecule has 0 aromatic heterocycles. The lowest BCUT2D eigenvalue weighted by Gasteiger charge is -2.29. The Morgan fingerprint density at radius 2 is 2.03 bits per heavy atom. The van der Waals surface area contributed by atoms with Crippen molar-refractivity contribution in [2.75, 3.05) is 6.61 Å². The summed E-state index contributed by atoms with van der Waals surface area (Å²) in [6, 6.07) is 7.74. The van der Waals surface area contributed by atoms with Gasteiger partial charge in [0.25, 0.3) is 0 Å². The lowest BCUT2D eigenvalue weighted by Crippen LogP contribution is -2.25. The maximum Gasteiger partial charge on any atom is 0.158 e. The van der Waals surface area contributed by atoms with Crippen LogP contribution >= 0.6 is 0 Å². The van der Waals surface area contributed by atoms with Gasteiger partial charge in [-0.3, -0.25) is 4.79 Å². The number of carbonyl (C=O) groups excluding carboxylic acids is 1. The van der Waals surface area contributed by atoms with Gasteiger partial charge >= 0.3 is 0 Å². The van der Waals surface area contributed by atoms with Crippen LogP contribution in [0.25, 0.3) is 0 Å². The molecule has 1 aromatic carbocycles. The van der Waals surface area contributed by atoms with Gasteiger partial charge in [0, 0.05) is 23.8 Å². The molecule has 0 amide bonds. The number of Topliss-reactive ketones (excluding diaryl/α,β-unsaturated/α-hetero) is 1. The summed E-state index contributed by atoms with van der Waals surface area (Å²) in [5, 5.41) is 9.26. The number of ether oxygens (including phenoxy) is 1. The average molecular weight is 391 g/mol. The van der Waals surface area contributed by atoms with Crippen molar-refractivity contribution in [1.82, 2.24) is 0 Å². The molecule has 0 saturated carbocycles. The number of benzene rings is 1. The molecule has 0 aliphatic heterocycles. The third-order valence-corrected chi connectivity index (χ3v) is 5.01. The van der Waals surface area contributed by atoms with Crippen LogP contribution in [0.15, 0.2) is 64.9 Å². The molecule has 1 aliphatic carbocycles. The molecule has 2 rings (SSSR count). The van der Waals surface area contributed by atoms with E-state index in [1.165, 1.54) is 0 Å². The Bertz CT molecular complexity index is 938. The largest absolute Gasteiger partial charge is 0.402 e.